The van der Waals surface area contributed by atoms with Crippen molar-refractivity contribution in [2.45, 2.75) is 28.8 Å². The van der Waals surface area contributed by atoms with E-state index in [1.165, 1.54) is 11.8 Å². The van der Waals surface area contributed by atoms with Gasteiger partial charge >= 0.3 is 6.09 Å². The zero-order chi connectivity index (χ0) is 17.6. The van der Waals surface area contributed by atoms with Gasteiger partial charge in [0.2, 0.25) is 5.95 Å². The molecular weight excluding hydrogens is 408 g/mol. The Morgan fingerprint density at radius 3 is 2.68 bits per heavy atom. The number of nitrogens with zero attached hydrogens (tertiary/aromatic N) is 2. The first-order valence-corrected chi connectivity index (χ1v) is 9.36. The lowest BCUT2D eigenvalue weighted by Crippen LogP contribution is -2.28. The molecule has 3 N–H and O–H groups in total. The van der Waals surface area contributed by atoms with Crippen LogP contribution < -0.4 is 10.6 Å². The summed E-state index contributed by atoms with van der Waals surface area (Å²) in [4.78, 5) is 20.5. The van der Waals surface area contributed by atoms with Crippen molar-refractivity contribution in [1.82, 2.24) is 9.97 Å². The largest absolute Gasteiger partial charge is 0.465 e. The van der Waals surface area contributed by atoms with E-state index in [-0.39, 0.29) is 0 Å². The average Bonchev–Trinajstić information content (AvgIpc) is 2.60. The highest BCUT2D eigenvalue weighted by Gasteiger charge is 2.15. The van der Waals surface area contributed by atoms with Crippen molar-refractivity contribution in [1.29, 1.82) is 0 Å². The van der Waals surface area contributed by atoms with Gasteiger partial charge in [-0.05, 0) is 53.0 Å². The summed E-state index contributed by atoms with van der Waals surface area (Å²) >= 11 is 4.96. The first-order chi connectivity index (χ1) is 12.1. The second-order valence-corrected chi connectivity index (χ2v) is 7.35. The van der Waals surface area contributed by atoms with Crippen molar-refractivity contribution < 1.29 is 14.6 Å². The third-order valence-corrected chi connectivity index (χ3v) is 5.44. The van der Waals surface area contributed by atoms with E-state index in [9.17, 15) is 4.79 Å². The number of anilines is 2. The molecule has 2 heterocycles. The summed E-state index contributed by atoms with van der Waals surface area (Å²) in [6.07, 6.45) is 2.54. The number of ether oxygens (including phenoxy) is 1. The number of nitrogens with one attached hydrogen (secondary N) is 2. The van der Waals surface area contributed by atoms with Gasteiger partial charge in [-0.2, -0.15) is 0 Å². The summed E-state index contributed by atoms with van der Waals surface area (Å²) < 4.78 is 6.17. The molecule has 1 aromatic carbocycles. The van der Waals surface area contributed by atoms with E-state index < -0.39 is 6.09 Å². The number of hydrogen-bond acceptors (Lipinski definition) is 6. The fraction of sp³-hybridized carbons (Fsp3) is 0.312. The van der Waals surface area contributed by atoms with Crippen LogP contribution in [0.3, 0.4) is 0 Å². The van der Waals surface area contributed by atoms with Gasteiger partial charge in [0.05, 0.1) is 4.47 Å². The van der Waals surface area contributed by atoms with Gasteiger partial charge in [0.15, 0.2) is 0 Å². The smallest absolute Gasteiger partial charge is 0.409 e. The molecule has 0 spiro atoms. The fourth-order valence-corrected chi connectivity index (χ4v) is 3.57. The highest BCUT2D eigenvalue weighted by atomic mass is 79.9. The van der Waals surface area contributed by atoms with E-state index >= 15 is 0 Å². The number of aromatic nitrogens is 2. The average molecular weight is 425 g/mol. The fourth-order valence-electron chi connectivity index (χ4n) is 2.36. The molecule has 1 aliphatic heterocycles. The first-order valence-electron chi connectivity index (χ1n) is 7.75. The summed E-state index contributed by atoms with van der Waals surface area (Å²) in [7, 11) is 0. The van der Waals surface area contributed by atoms with Crippen LogP contribution in [0.5, 0.6) is 0 Å². The number of carbonyl (C=O) groups is 1. The van der Waals surface area contributed by atoms with Gasteiger partial charge in [-0.25, -0.2) is 14.8 Å². The molecule has 0 atom stereocenters. The monoisotopic (exact) mass is 424 g/mol. The quantitative estimate of drug-likeness (QED) is 0.622. The number of amides is 1. The third kappa shape index (κ3) is 5.32. The molecule has 0 unspecified atom stereocenters. The van der Waals surface area contributed by atoms with Gasteiger partial charge in [0.1, 0.15) is 5.03 Å². The van der Waals surface area contributed by atoms with Crippen LogP contribution in [0.4, 0.5) is 16.4 Å². The lowest BCUT2D eigenvalue weighted by molar-refractivity contribution is 0.0903. The molecule has 1 saturated heterocycles. The molecule has 25 heavy (non-hydrogen) atoms. The third-order valence-electron chi connectivity index (χ3n) is 3.59. The molecule has 1 aromatic heterocycles. The standard InChI is InChI=1S/C16H17BrN4O3S/c17-13-9-18-15(19-11-5-7-24-8-6-11)21-14(13)25-12-3-1-10(2-4-12)20-16(22)23/h1-4,9,11,20H,5-8H2,(H,22,23)(H,18,19,21). The van der Waals surface area contributed by atoms with Crippen molar-refractivity contribution in [2.75, 3.05) is 23.8 Å². The van der Waals surface area contributed by atoms with Crippen LogP contribution in [0.25, 0.3) is 0 Å². The number of carboxylic acid groups (broad SMARTS) is 1. The van der Waals surface area contributed by atoms with Gasteiger partial charge in [-0.1, -0.05) is 11.8 Å². The van der Waals surface area contributed by atoms with E-state index in [2.05, 4.69) is 36.5 Å². The maximum Gasteiger partial charge on any atom is 0.409 e. The van der Waals surface area contributed by atoms with Crippen LogP contribution in [-0.4, -0.2) is 40.4 Å². The summed E-state index contributed by atoms with van der Waals surface area (Å²) in [5.74, 6) is 0.599. The maximum absolute atomic E-state index is 10.6. The Bertz CT molecular complexity index is 739. The molecule has 0 saturated carbocycles. The summed E-state index contributed by atoms with van der Waals surface area (Å²) in [5, 5.41) is 15.2. The van der Waals surface area contributed by atoms with Crippen molar-refractivity contribution in [3.63, 3.8) is 0 Å². The topological polar surface area (TPSA) is 96.4 Å². The van der Waals surface area contributed by atoms with Crippen LogP contribution >= 0.6 is 27.7 Å². The van der Waals surface area contributed by atoms with Crippen LogP contribution in [0.2, 0.25) is 0 Å². The summed E-state index contributed by atoms with van der Waals surface area (Å²) in [5.41, 5.74) is 0.528. The van der Waals surface area contributed by atoms with Crippen LogP contribution in [0.1, 0.15) is 12.8 Å². The van der Waals surface area contributed by atoms with E-state index in [1.54, 1.807) is 18.3 Å². The zero-order valence-corrected chi connectivity index (χ0v) is 15.6. The molecule has 1 aliphatic rings. The minimum atomic E-state index is -1.08. The highest BCUT2D eigenvalue weighted by molar-refractivity contribution is 9.10. The van der Waals surface area contributed by atoms with Crippen molar-refractivity contribution in [2.24, 2.45) is 0 Å². The lowest BCUT2D eigenvalue weighted by Gasteiger charge is -2.23. The number of halogens is 1. The molecule has 0 aliphatic carbocycles. The first kappa shape index (κ1) is 18.0. The number of rotatable bonds is 5. The van der Waals surface area contributed by atoms with Crippen LogP contribution in [0, 0.1) is 0 Å². The van der Waals surface area contributed by atoms with Gasteiger partial charge < -0.3 is 15.2 Å². The predicted molar refractivity (Wildman–Crippen MR) is 99.4 cm³/mol. The molecule has 3 rings (SSSR count). The molecule has 2 aromatic rings. The molecule has 0 radical (unpaired) electrons. The lowest BCUT2D eigenvalue weighted by atomic mass is 10.1. The van der Waals surface area contributed by atoms with Crippen molar-refractivity contribution in [3.05, 3.63) is 34.9 Å². The number of hydrogen-bond donors (Lipinski definition) is 3. The predicted octanol–water partition coefficient (Wildman–Crippen LogP) is 4.07. The summed E-state index contributed by atoms with van der Waals surface area (Å²) in [6.45, 7) is 1.51. The van der Waals surface area contributed by atoms with Gasteiger partial charge in [0, 0.05) is 36.0 Å². The molecule has 132 valence electrons. The second-order valence-electron chi connectivity index (χ2n) is 5.43. The Hall–Kier alpha value is -1.84. The van der Waals surface area contributed by atoms with Crippen LogP contribution in [-0.2, 0) is 4.74 Å². The summed E-state index contributed by atoms with van der Waals surface area (Å²) in [6, 6.07) is 7.44. The van der Waals surface area contributed by atoms with E-state index in [4.69, 9.17) is 9.84 Å². The van der Waals surface area contributed by atoms with E-state index in [1.807, 2.05) is 12.1 Å². The minimum Gasteiger partial charge on any atom is -0.465 e. The highest BCUT2D eigenvalue weighted by Crippen LogP contribution is 2.33. The minimum absolute atomic E-state index is 0.328. The molecule has 0 bridgehead atoms. The van der Waals surface area contributed by atoms with Crippen molar-refractivity contribution >= 4 is 45.4 Å². The second kappa shape index (κ2) is 8.50. The normalized spacial score (nSPS) is 14.9. The van der Waals surface area contributed by atoms with E-state index in [0.717, 1.165) is 40.4 Å². The van der Waals surface area contributed by atoms with Crippen LogP contribution in [0.15, 0.2) is 44.9 Å². The molecule has 9 heteroatoms. The SMILES string of the molecule is O=C(O)Nc1ccc(Sc2nc(NC3CCOCC3)ncc2Br)cc1. The maximum atomic E-state index is 10.6. The Kier molecular flexibility index (Phi) is 6.11. The van der Waals surface area contributed by atoms with Gasteiger partial charge in [-0.3, -0.25) is 5.32 Å². The van der Waals surface area contributed by atoms with Gasteiger partial charge in [-0.15, -0.1) is 0 Å². The molecular formula is C16H17BrN4O3S. The van der Waals surface area contributed by atoms with Crippen molar-refractivity contribution in [3.8, 4) is 0 Å². The Morgan fingerprint density at radius 2 is 2.00 bits per heavy atom. The molecule has 1 amide bonds. The van der Waals surface area contributed by atoms with E-state index in [0.29, 0.717) is 17.7 Å². The Labute approximate surface area is 157 Å². The molecule has 1 fully saturated rings. The Balaban J connectivity index is 1.68. The Morgan fingerprint density at radius 1 is 1.28 bits per heavy atom. The zero-order valence-electron chi connectivity index (χ0n) is 13.2. The van der Waals surface area contributed by atoms with Gasteiger partial charge in [0.25, 0.3) is 0 Å². The number of benzene rings is 1. The molecule has 7 nitrogen and oxygen atoms in total.